The van der Waals surface area contributed by atoms with E-state index in [0.29, 0.717) is 5.69 Å². The van der Waals surface area contributed by atoms with E-state index in [1.807, 2.05) is 36.4 Å². The Hall–Kier alpha value is -2.16. The fourth-order valence-corrected chi connectivity index (χ4v) is 1.43. The van der Waals surface area contributed by atoms with Crippen LogP contribution in [0.1, 0.15) is 0 Å². The van der Waals surface area contributed by atoms with Crippen molar-refractivity contribution in [1.82, 2.24) is 0 Å². The number of hydrogen-bond donors (Lipinski definition) is 1. The van der Waals surface area contributed by atoms with Gasteiger partial charge in [-0.25, -0.2) is 0 Å². The number of anilines is 1. The molecule has 74 valence electrons. The summed E-state index contributed by atoms with van der Waals surface area (Å²) in [5.41, 5.74) is 8.27. The first-order valence-corrected chi connectivity index (χ1v) is 4.59. The maximum absolute atomic E-state index is 10.5. The molecule has 0 aromatic heterocycles. The van der Waals surface area contributed by atoms with Crippen molar-refractivity contribution >= 4 is 11.4 Å². The van der Waals surface area contributed by atoms with E-state index >= 15 is 0 Å². The van der Waals surface area contributed by atoms with Gasteiger partial charge in [0.25, 0.3) is 0 Å². The van der Waals surface area contributed by atoms with Crippen molar-refractivity contribution in [3.05, 3.63) is 53.4 Å². The van der Waals surface area contributed by atoms with Crippen molar-refractivity contribution in [2.24, 2.45) is 5.18 Å². The minimum atomic E-state index is 0.288. The largest absolute Gasteiger partial charge is 0.397 e. The zero-order valence-corrected chi connectivity index (χ0v) is 8.05. The van der Waals surface area contributed by atoms with E-state index in [9.17, 15) is 4.91 Å². The van der Waals surface area contributed by atoms with Crippen LogP contribution in [0.15, 0.2) is 53.7 Å². The van der Waals surface area contributed by atoms with Crippen molar-refractivity contribution in [2.75, 3.05) is 5.73 Å². The second kappa shape index (κ2) is 3.92. The molecule has 0 spiro atoms. The molecule has 2 N–H and O–H groups in total. The molecule has 0 saturated heterocycles. The summed E-state index contributed by atoms with van der Waals surface area (Å²) in [6, 6.07) is 15.0. The van der Waals surface area contributed by atoms with Crippen molar-refractivity contribution in [3.63, 3.8) is 0 Å². The summed E-state index contributed by atoms with van der Waals surface area (Å²) in [7, 11) is 0. The molecule has 2 aromatic rings. The number of benzene rings is 2. The summed E-state index contributed by atoms with van der Waals surface area (Å²) in [5.74, 6) is 0. The highest BCUT2D eigenvalue weighted by atomic mass is 16.3. The van der Waals surface area contributed by atoms with Crippen LogP contribution >= 0.6 is 0 Å². The van der Waals surface area contributed by atoms with E-state index in [0.717, 1.165) is 11.1 Å². The van der Waals surface area contributed by atoms with Crippen LogP contribution in [0.3, 0.4) is 0 Å². The zero-order valence-electron chi connectivity index (χ0n) is 8.05. The summed E-state index contributed by atoms with van der Waals surface area (Å²) in [6.07, 6.45) is 0. The Morgan fingerprint density at radius 3 is 2.33 bits per heavy atom. The van der Waals surface area contributed by atoms with Gasteiger partial charge in [-0.3, -0.25) is 0 Å². The van der Waals surface area contributed by atoms with E-state index in [-0.39, 0.29) is 5.69 Å². The zero-order chi connectivity index (χ0) is 10.7. The smallest absolute Gasteiger partial charge is 0.131 e. The normalized spacial score (nSPS) is 9.87. The van der Waals surface area contributed by atoms with Gasteiger partial charge < -0.3 is 5.73 Å². The molecule has 0 heterocycles. The average molecular weight is 198 g/mol. The van der Waals surface area contributed by atoms with Crippen LogP contribution in [0.2, 0.25) is 0 Å². The molecule has 0 aliphatic rings. The predicted molar refractivity (Wildman–Crippen MR) is 61.7 cm³/mol. The lowest BCUT2D eigenvalue weighted by Gasteiger charge is -2.03. The van der Waals surface area contributed by atoms with Crippen LogP contribution in [0.25, 0.3) is 11.1 Å². The predicted octanol–water partition coefficient (Wildman–Crippen LogP) is 3.33. The van der Waals surface area contributed by atoms with Crippen LogP contribution in [0, 0.1) is 4.91 Å². The minimum absolute atomic E-state index is 0.288. The van der Waals surface area contributed by atoms with Gasteiger partial charge in [-0.1, -0.05) is 36.4 Å². The fourth-order valence-electron chi connectivity index (χ4n) is 1.43. The Bertz CT molecular complexity index is 480. The van der Waals surface area contributed by atoms with Crippen LogP contribution in [-0.2, 0) is 0 Å². The molecule has 0 unspecified atom stereocenters. The Morgan fingerprint density at radius 1 is 0.933 bits per heavy atom. The minimum Gasteiger partial charge on any atom is -0.397 e. The molecule has 0 saturated carbocycles. The summed E-state index contributed by atoms with van der Waals surface area (Å²) in [5, 5.41) is 2.88. The number of nitrogens with two attached hydrogens (primary N) is 1. The third-order valence-corrected chi connectivity index (χ3v) is 2.24. The average Bonchev–Trinajstić information content (AvgIpc) is 2.31. The van der Waals surface area contributed by atoms with Crippen LogP contribution in [0.4, 0.5) is 11.4 Å². The molecule has 0 atom stereocenters. The monoisotopic (exact) mass is 198 g/mol. The highest BCUT2D eigenvalue weighted by molar-refractivity contribution is 5.74. The lowest BCUT2D eigenvalue weighted by atomic mass is 10.0. The van der Waals surface area contributed by atoms with Crippen molar-refractivity contribution < 1.29 is 0 Å². The van der Waals surface area contributed by atoms with Gasteiger partial charge in [0.15, 0.2) is 0 Å². The second-order valence-corrected chi connectivity index (χ2v) is 3.23. The van der Waals surface area contributed by atoms with Crippen molar-refractivity contribution in [2.45, 2.75) is 0 Å². The number of nitrogens with zero attached hydrogens (tertiary/aromatic N) is 1. The third-order valence-electron chi connectivity index (χ3n) is 2.24. The van der Waals surface area contributed by atoms with Gasteiger partial charge >= 0.3 is 0 Å². The maximum Gasteiger partial charge on any atom is 0.131 e. The number of nitrogen functional groups attached to an aromatic ring is 1. The first-order valence-electron chi connectivity index (χ1n) is 4.59. The molecule has 0 aliphatic heterocycles. The maximum atomic E-state index is 10.5. The Labute approximate surface area is 87.5 Å². The van der Waals surface area contributed by atoms with Crippen LogP contribution in [-0.4, -0.2) is 0 Å². The standard InChI is InChI=1S/C12H10N2O/c13-11-7-6-10(8-12(11)14-15)9-4-2-1-3-5-9/h1-8H,13H2. The highest BCUT2D eigenvalue weighted by Crippen LogP contribution is 2.28. The summed E-state index contributed by atoms with van der Waals surface area (Å²) in [6.45, 7) is 0. The van der Waals surface area contributed by atoms with Gasteiger partial charge in [-0.2, -0.15) is 0 Å². The molecular formula is C12H10N2O. The van der Waals surface area contributed by atoms with Gasteiger partial charge in [-0.05, 0) is 28.4 Å². The van der Waals surface area contributed by atoms with E-state index < -0.39 is 0 Å². The Balaban J connectivity index is 2.51. The third kappa shape index (κ3) is 1.86. The van der Waals surface area contributed by atoms with Crippen LogP contribution < -0.4 is 5.73 Å². The first kappa shape index (κ1) is 9.40. The lowest BCUT2D eigenvalue weighted by Crippen LogP contribution is -1.85. The Kier molecular flexibility index (Phi) is 2.46. The van der Waals surface area contributed by atoms with Gasteiger partial charge in [0.05, 0.1) is 5.69 Å². The van der Waals surface area contributed by atoms with Crippen LogP contribution in [0.5, 0.6) is 0 Å². The fraction of sp³-hybridized carbons (Fsp3) is 0. The van der Waals surface area contributed by atoms with Gasteiger partial charge in [-0.15, -0.1) is 4.91 Å². The summed E-state index contributed by atoms with van der Waals surface area (Å²) < 4.78 is 0. The van der Waals surface area contributed by atoms with E-state index in [1.165, 1.54) is 0 Å². The first-order chi connectivity index (χ1) is 7.31. The van der Waals surface area contributed by atoms with Crippen molar-refractivity contribution in [3.8, 4) is 11.1 Å². The number of hydrogen-bond acceptors (Lipinski definition) is 3. The van der Waals surface area contributed by atoms with E-state index in [4.69, 9.17) is 5.73 Å². The molecular weight excluding hydrogens is 188 g/mol. The Morgan fingerprint density at radius 2 is 1.67 bits per heavy atom. The molecule has 0 aliphatic carbocycles. The molecule has 3 heteroatoms. The van der Waals surface area contributed by atoms with E-state index in [2.05, 4.69) is 5.18 Å². The lowest BCUT2D eigenvalue weighted by molar-refractivity contribution is 1.49. The SMILES string of the molecule is Nc1ccc(-c2ccccc2)cc1N=O. The number of nitroso groups, excluding NO2 is 1. The summed E-state index contributed by atoms with van der Waals surface area (Å²) in [4.78, 5) is 10.5. The summed E-state index contributed by atoms with van der Waals surface area (Å²) >= 11 is 0. The molecule has 3 nitrogen and oxygen atoms in total. The molecule has 15 heavy (non-hydrogen) atoms. The van der Waals surface area contributed by atoms with Crippen molar-refractivity contribution in [1.29, 1.82) is 0 Å². The molecule has 0 radical (unpaired) electrons. The quantitative estimate of drug-likeness (QED) is 0.594. The number of rotatable bonds is 2. The molecule has 0 fully saturated rings. The molecule has 0 bridgehead atoms. The van der Waals surface area contributed by atoms with Gasteiger partial charge in [0.2, 0.25) is 0 Å². The topological polar surface area (TPSA) is 55.4 Å². The van der Waals surface area contributed by atoms with Gasteiger partial charge in [0.1, 0.15) is 5.69 Å². The molecule has 2 rings (SSSR count). The van der Waals surface area contributed by atoms with E-state index in [1.54, 1.807) is 12.1 Å². The second-order valence-electron chi connectivity index (χ2n) is 3.23. The molecule has 0 amide bonds. The van der Waals surface area contributed by atoms with Gasteiger partial charge in [0, 0.05) is 0 Å². The highest BCUT2D eigenvalue weighted by Gasteiger charge is 2.02. The molecule has 2 aromatic carbocycles.